The van der Waals surface area contributed by atoms with Gasteiger partial charge in [0.2, 0.25) is 0 Å². The van der Waals surface area contributed by atoms with E-state index in [9.17, 15) is 14.4 Å². The molecule has 0 aliphatic rings. The summed E-state index contributed by atoms with van der Waals surface area (Å²) in [5, 5.41) is 0. The van der Waals surface area contributed by atoms with Crippen molar-refractivity contribution in [3.8, 4) is 0 Å². The molecule has 6 nitrogen and oxygen atoms in total. The number of carbonyl (C=O) groups excluding carboxylic acids is 3. The molecule has 0 aliphatic carbocycles. The maximum atomic E-state index is 12.0. The first-order valence-electron chi connectivity index (χ1n) is 10.1. The fourth-order valence-corrected chi connectivity index (χ4v) is 2.67. The van der Waals surface area contributed by atoms with E-state index in [2.05, 4.69) is 6.92 Å². The van der Waals surface area contributed by atoms with Crippen LogP contribution < -0.4 is 0 Å². The number of rotatable bonds is 15. The third kappa shape index (κ3) is 13.0. The summed E-state index contributed by atoms with van der Waals surface area (Å²) in [4.78, 5) is 35.2. The lowest BCUT2D eigenvalue weighted by molar-refractivity contribution is -0.161. The van der Waals surface area contributed by atoms with Crippen LogP contribution in [0.3, 0.4) is 0 Å². The Hall–Kier alpha value is -1.85. The van der Waals surface area contributed by atoms with Crippen molar-refractivity contribution in [2.24, 2.45) is 5.92 Å². The van der Waals surface area contributed by atoms with Gasteiger partial charge in [0.25, 0.3) is 0 Å². The zero-order valence-corrected chi connectivity index (χ0v) is 17.3. The predicted molar refractivity (Wildman–Crippen MR) is 104 cm³/mol. The molecule has 27 heavy (non-hydrogen) atoms. The van der Waals surface area contributed by atoms with Crippen LogP contribution in [0.4, 0.5) is 0 Å². The zero-order chi connectivity index (χ0) is 20.5. The summed E-state index contributed by atoms with van der Waals surface area (Å²) in [6, 6.07) is 0. The molecule has 0 radical (unpaired) electrons. The Balaban J connectivity index is 4.65. The summed E-state index contributed by atoms with van der Waals surface area (Å²) < 4.78 is 15.2. The lowest BCUT2D eigenvalue weighted by atomic mass is 10.0. The molecule has 1 atom stereocenters. The largest absolute Gasteiger partial charge is 0.465 e. The highest BCUT2D eigenvalue weighted by atomic mass is 16.6. The molecule has 1 unspecified atom stereocenters. The molecule has 0 fully saturated rings. The number of carbonyl (C=O) groups is 3. The van der Waals surface area contributed by atoms with Gasteiger partial charge in [-0.05, 0) is 39.2 Å². The quantitative estimate of drug-likeness (QED) is 0.137. The minimum atomic E-state index is -0.992. The third-order valence-corrected chi connectivity index (χ3v) is 4.02. The summed E-state index contributed by atoms with van der Waals surface area (Å²) in [5.41, 5.74) is 0. The summed E-state index contributed by atoms with van der Waals surface area (Å²) in [5.74, 6) is -2.53. The van der Waals surface area contributed by atoms with Gasteiger partial charge in [-0.2, -0.15) is 0 Å². The van der Waals surface area contributed by atoms with E-state index in [0.29, 0.717) is 0 Å². The molecule has 0 N–H and O–H groups in total. The van der Waals surface area contributed by atoms with E-state index in [0.717, 1.165) is 19.3 Å². The van der Waals surface area contributed by atoms with Gasteiger partial charge in [-0.1, -0.05) is 45.1 Å². The molecule has 0 saturated carbocycles. The second kappa shape index (κ2) is 16.3. The molecule has 0 saturated heterocycles. The topological polar surface area (TPSA) is 78.9 Å². The smallest absolute Gasteiger partial charge is 0.320 e. The SMILES string of the molecule is CCCCCCCCC(/C=C/CC(C(=O)OCC)C(=O)OCC)OC(C)=O. The van der Waals surface area contributed by atoms with Gasteiger partial charge in [0.05, 0.1) is 13.2 Å². The number of hydrogen-bond donors (Lipinski definition) is 0. The van der Waals surface area contributed by atoms with E-state index in [4.69, 9.17) is 14.2 Å². The van der Waals surface area contributed by atoms with Crippen LogP contribution in [0, 0.1) is 5.92 Å². The molecule has 0 aromatic heterocycles. The van der Waals surface area contributed by atoms with Crippen LogP contribution in [-0.2, 0) is 28.6 Å². The Kier molecular flexibility index (Phi) is 15.2. The lowest BCUT2D eigenvalue weighted by Crippen LogP contribution is -2.27. The number of hydrogen-bond acceptors (Lipinski definition) is 6. The average Bonchev–Trinajstić information content (AvgIpc) is 2.61. The van der Waals surface area contributed by atoms with Crippen LogP contribution >= 0.6 is 0 Å². The summed E-state index contributed by atoms with van der Waals surface area (Å²) in [7, 11) is 0. The van der Waals surface area contributed by atoms with E-state index < -0.39 is 17.9 Å². The second-order valence-corrected chi connectivity index (χ2v) is 6.42. The van der Waals surface area contributed by atoms with Crippen molar-refractivity contribution < 1.29 is 28.6 Å². The number of unbranched alkanes of at least 4 members (excludes halogenated alkanes) is 5. The number of allylic oxidation sites excluding steroid dienone is 1. The first kappa shape index (κ1) is 25.1. The summed E-state index contributed by atoms with van der Waals surface area (Å²) in [6.45, 7) is 7.34. The highest BCUT2D eigenvalue weighted by molar-refractivity contribution is 5.95. The van der Waals surface area contributed by atoms with E-state index in [1.807, 2.05) is 0 Å². The normalized spacial score (nSPS) is 12.2. The Bertz CT molecular complexity index is 440. The Labute approximate surface area is 163 Å². The summed E-state index contributed by atoms with van der Waals surface area (Å²) >= 11 is 0. The molecule has 0 aromatic rings. The van der Waals surface area contributed by atoms with Crippen molar-refractivity contribution in [3.63, 3.8) is 0 Å². The molecule has 156 valence electrons. The van der Waals surface area contributed by atoms with Crippen LogP contribution in [-0.4, -0.2) is 37.2 Å². The average molecular weight is 385 g/mol. The summed E-state index contributed by atoms with van der Waals surface area (Å²) in [6.07, 6.45) is 10.9. The fourth-order valence-electron chi connectivity index (χ4n) is 2.67. The molecule has 6 heteroatoms. The minimum Gasteiger partial charge on any atom is -0.465 e. The maximum Gasteiger partial charge on any atom is 0.320 e. The molecule has 0 spiro atoms. The van der Waals surface area contributed by atoms with E-state index in [1.54, 1.807) is 26.0 Å². The Morgan fingerprint density at radius 3 is 1.93 bits per heavy atom. The van der Waals surface area contributed by atoms with Gasteiger partial charge in [-0.15, -0.1) is 0 Å². The third-order valence-electron chi connectivity index (χ3n) is 4.02. The van der Waals surface area contributed by atoms with Crippen molar-refractivity contribution in [2.75, 3.05) is 13.2 Å². The zero-order valence-electron chi connectivity index (χ0n) is 17.3. The Morgan fingerprint density at radius 1 is 0.852 bits per heavy atom. The van der Waals surface area contributed by atoms with Gasteiger partial charge in [0, 0.05) is 6.92 Å². The van der Waals surface area contributed by atoms with Crippen LogP contribution in [0.1, 0.15) is 79.1 Å². The number of esters is 3. The van der Waals surface area contributed by atoms with Crippen LogP contribution in [0.25, 0.3) is 0 Å². The van der Waals surface area contributed by atoms with E-state index >= 15 is 0 Å². The van der Waals surface area contributed by atoms with Crippen molar-refractivity contribution in [1.82, 2.24) is 0 Å². The Morgan fingerprint density at radius 2 is 1.41 bits per heavy atom. The van der Waals surface area contributed by atoms with Crippen molar-refractivity contribution in [1.29, 1.82) is 0 Å². The van der Waals surface area contributed by atoms with Gasteiger partial charge in [-0.25, -0.2) is 0 Å². The molecule has 0 aliphatic heterocycles. The molecular weight excluding hydrogens is 348 g/mol. The molecule has 0 aromatic carbocycles. The van der Waals surface area contributed by atoms with Gasteiger partial charge in [0.1, 0.15) is 6.10 Å². The van der Waals surface area contributed by atoms with Crippen molar-refractivity contribution >= 4 is 17.9 Å². The number of ether oxygens (including phenoxy) is 3. The predicted octanol–water partition coefficient (Wildman–Crippen LogP) is 4.36. The lowest BCUT2D eigenvalue weighted by Gasteiger charge is -2.15. The van der Waals surface area contributed by atoms with Crippen molar-refractivity contribution in [2.45, 2.75) is 85.2 Å². The van der Waals surface area contributed by atoms with Gasteiger partial charge >= 0.3 is 17.9 Å². The van der Waals surface area contributed by atoms with Crippen LogP contribution in [0.15, 0.2) is 12.2 Å². The first-order chi connectivity index (χ1) is 13.0. The van der Waals surface area contributed by atoms with Crippen LogP contribution in [0.5, 0.6) is 0 Å². The van der Waals surface area contributed by atoms with E-state index in [1.165, 1.54) is 32.6 Å². The molecule has 0 bridgehead atoms. The van der Waals surface area contributed by atoms with Crippen LogP contribution in [0.2, 0.25) is 0 Å². The van der Waals surface area contributed by atoms with Gasteiger partial charge < -0.3 is 14.2 Å². The highest BCUT2D eigenvalue weighted by Crippen LogP contribution is 2.14. The van der Waals surface area contributed by atoms with Crippen molar-refractivity contribution in [3.05, 3.63) is 12.2 Å². The van der Waals surface area contributed by atoms with Gasteiger partial charge in [-0.3, -0.25) is 14.4 Å². The second-order valence-electron chi connectivity index (χ2n) is 6.42. The monoisotopic (exact) mass is 384 g/mol. The molecule has 0 rings (SSSR count). The standard InChI is InChI=1S/C21H36O6/c1-5-8-9-10-11-12-14-18(27-17(4)22)15-13-16-19(20(23)25-6-2)21(24)26-7-3/h13,15,18-19H,5-12,14,16H2,1-4H3/b15-13+. The molecular formula is C21H36O6. The minimum absolute atomic E-state index is 0.159. The maximum absolute atomic E-state index is 12.0. The fraction of sp³-hybridized carbons (Fsp3) is 0.762. The first-order valence-corrected chi connectivity index (χ1v) is 10.1. The molecule has 0 amide bonds. The molecule has 0 heterocycles. The van der Waals surface area contributed by atoms with E-state index in [-0.39, 0.29) is 31.7 Å². The van der Waals surface area contributed by atoms with Gasteiger partial charge in [0.15, 0.2) is 5.92 Å². The highest BCUT2D eigenvalue weighted by Gasteiger charge is 2.28.